The molecule has 1 aliphatic rings. The van der Waals surface area contributed by atoms with Crippen molar-refractivity contribution in [2.24, 2.45) is 0 Å². The number of hydrogen-bond acceptors (Lipinski definition) is 5. The molecular formula is C21H24F3N3O5S. The summed E-state index contributed by atoms with van der Waals surface area (Å²) in [6.07, 6.45) is -4.54. The summed E-state index contributed by atoms with van der Waals surface area (Å²) in [5.74, 6) is 1.17. The van der Waals surface area contributed by atoms with Crippen LogP contribution in [0.2, 0.25) is 0 Å². The van der Waals surface area contributed by atoms with Gasteiger partial charge in [0.15, 0.2) is 0 Å². The molecule has 8 nitrogen and oxygen atoms in total. The number of alkyl halides is 3. The minimum absolute atomic E-state index is 0.0315. The van der Waals surface area contributed by atoms with Crippen LogP contribution in [0.15, 0.2) is 47.4 Å². The van der Waals surface area contributed by atoms with Gasteiger partial charge in [-0.2, -0.15) is 17.5 Å². The molecule has 180 valence electrons. The minimum atomic E-state index is -4.54. The first-order chi connectivity index (χ1) is 15.5. The highest BCUT2D eigenvalue weighted by molar-refractivity contribution is 7.89. The predicted octanol–water partition coefficient (Wildman–Crippen LogP) is 2.94. The number of urea groups is 1. The van der Waals surface area contributed by atoms with Crippen LogP contribution in [-0.2, 0) is 22.7 Å². The molecule has 0 saturated carbocycles. The molecule has 33 heavy (non-hydrogen) atoms. The van der Waals surface area contributed by atoms with Crippen molar-refractivity contribution in [1.29, 1.82) is 0 Å². The highest BCUT2D eigenvalue weighted by atomic mass is 32.2. The number of amides is 2. The third kappa shape index (κ3) is 5.88. The lowest BCUT2D eigenvalue weighted by Crippen LogP contribution is -2.52. The number of benzene rings is 2. The molecule has 0 spiro atoms. The van der Waals surface area contributed by atoms with Gasteiger partial charge in [-0.15, -0.1) is 0 Å². The van der Waals surface area contributed by atoms with Crippen LogP contribution in [-0.4, -0.2) is 64.1 Å². The molecule has 2 aromatic rings. The van der Waals surface area contributed by atoms with E-state index in [0.717, 1.165) is 34.1 Å². The summed E-state index contributed by atoms with van der Waals surface area (Å²) in [6.45, 7) is 0.574. The molecule has 1 aliphatic heterocycles. The number of piperazine rings is 1. The third-order valence-electron chi connectivity index (χ3n) is 5.20. The number of methoxy groups -OCH3 is 2. The van der Waals surface area contributed by atoms with Crippen molar-refractivity contribution in [1.82, 2.24) is 14.5 Å². The largest absolute Gasteiger partial charge is 0.497 e. The average molecular weight is 488 g/mol. The van der Waals surface area contributed by atoms with Crippen molar-refractivity contribution in [3.63, 3.8) is 0 Å². The Hall–Kier alpha value is -2.99. The van der Waals surface area contributed by atoms with Gasteiger partial charge in [-0.1, -0.05) is 0 Å². The number of nitrogens with zero attached hydrogens (tertiary/aromatic N) is 2. The average Bonchev–Trinajstić information content (AvgIpc) is 2.81. The number of hydrogen-bond donors (Lipinski definition) is 1. The maximum Gasteiger partial charge on any atom is 0.416 e. The molecule has 12 heteroatoms. The second-order valence-electron chi connectivity index (χ2n) is 7.29. The molecule has 0 radical (unpaired) electrons. The summed E-state index contributed by atoms with van der Waals surface area (Å²) < 4.78 is 75.2. The molecule has 2 amide bonds. The van der Waals surface area contributed by atoms with Gasteiger partial charge in [0.25, 0.3) is 0 Å². The van der Waals surface area contributed by atoms with E-state index in [0.29, 0.717) is 11.5 Å². The number of nitrogens with one attached hydrogen (secondary N) is 1. The fraction of sp³-hybridized carbons (Fsp3) is 0.381. The Morgan fingerprint density at radius 1 is 0.970 bits per heavy atom. The van der Waals surface area contributed by atoms with Gasteiger partial charge in [-0.25, -0.2) is 13.2 Å². The normalized spacial score (nSPS) is 15.2. The van der Waals surface area contributed by atoms with Crippen LogP contribution in [0.1, 0.15) is 11.1 Å². The van der Waals surface area contributed by atoms with Crippen molar-refractivity contribution >= 4 is 16.1 Å². The molecule has 3 rings (SSSR count). The number of carbonyl (C=O) groups excluding carboxylic acids is 1. The van der Waals surface area contributed by atoms with Gasteiger partial charge in [0.05, 0.1) is 24.7 Å². The summed E-state index contributed by atoms with van der Waals surface area (Å²) in [4.78, 5) is 13.8. The van der Waals surface area contributed by atoms with E-state index in [1.54, 1.807) is 18.2 Å². The second kappa shape index (κ2) is 9.87. The van der Waals surface area contributed by atoms with Crippen molar-refractivity contribution in [3.8, 4) is 11.5 Å². The van der Waals surface area contributed by atoms with Crippen molar-refractivity contribution in [2.45, 2.75) is 17.6 Å². The van der Waals surface area contributed by atoms with Crippen LogP contribution < -0.4 is 14.8 Å². The second-order valence-corrected chi connectivity index (χ2v) is 9.23. The third-order valence-corrected chi connectivity index (χ3v) is 7.11. The Kier molecular flexibility index (Phi) is 7.38. The van der Waals surface area contributed by atoms with E-state index >= 15 is 0 Å². The van der Waals surface area contributed by atoms with E-state index in [1.807, 2.05) is 0 Å². The lowest BCUT2D eigenvalue weighted by molar-refractivity contribution is -0.137. The minimum Gasteiger partial charge on any atom is -0.497 e. The van der Waals surface area contributed by atoms with Gasteiger partial charge < -0.3 is 19.7 Å². The molecule has 1 heterocycles. The molecular weight excluding hydrogens is 463 g/mol. The Bertz CT molecular complexity index is 1060. The summed E-state index contributed by atoms with van der Waals surface area (Å²) in [5.41, 5.74) is -0.153. The number of ether oxygens (including phenoxy) is 2. The molecule has 0 bridgehead atoms. The first-order valence-corrected chi connectivity index (χ1v) is 11.4. The van der Waals surface area contributed by atoms with Crippen LogP contribution >= 0.6 is 0 Å². The summed E-state index contributed by atoms with van der Waals surface area (Å²) in [5, 5.41) is 2.78. The van der Waals surface area contributed by atoms with Crippen LogP contribution in [0.25, 0.3) is 0 Å². The Morgan fingerprint density at radius 3 is 2.00 bits per heavy atom. The topological polar surface area (TPSA) is 88.2 Å². The van der Waals surface area contributed by atoms with E-state index in [2.05, 4.69) is 5.32 Å². The quantitative estimate of drug-likeness (QED) is 0.677. The van der Waals surface area contributed by atoms with Gasteiger partial charge in [0, 0.05) is 38.8 Å². The summed E-state index contributed by atoms with van der Waals surface area (Å²) in [6, 6.07) is 8.24. The molecule has 0 aromatic heterocycles. The highest BCUT2D eigenvalue weighted by Crippen LogP contribution is 2.30. The lowest BCUT2D eigenvalue weighted by Gasteiger charge is -2.34. The zero-order chi connectivity index (χ0) is 24.2. The van der Waals surface area contributed by atoms with Crippen molar-refractivity contribution in [2.75, 3.05) is 40.4 Å². The van der Waals surface area contributed by atoms with Crippen LogP contribution in [0.4, 0.5) is 18.0 Å². The van der Waals surface area contributed by atoms with E-state index in [9.17, 15) is 26.4 Å². The van der Waals surface area contributed by atoms with Crippen molar-refractivity contribution in [3.05, 3.63) is 53.6 Å². The summed E-state index contributed by atoms with van der Waals surface area (Å²) in [7, 11) is -0.918. The molecule has 0 aliphatic carbocycles. The molecule has 2 aromatic carbocycles. The SMILES string of the molecule is COc1cc(CNC(=O)N2CCN(S(=O)(=O)c3ccc(C(F)(F)F)cc3)CC2)cc(OC)c1. The predicted molar refractivity (Wildman–Crippen MR) is 114 cm³/mol. The zero-order valence-electron chi connectivity index (χ0n) is 18.1. The van der Waals surface area contributed by atoms with Gasteiger partial charge >= 0.3 is 12.2 Å². The maximum atomic E-state index is 12.8. The smallest absolute Gasteiger partial charge is 0.416 e. The maximum absolute atomic E-state index is 12.8. The standard InChI is InChI=1S/C21H24F3N3O5S/c1-31-17-11-15(12-18(13-17)32-2)14-25-20(28)26-7-9-27(10-8-26)33(29,30)19-5-3-16(4-6-19)21(22,23)24/h3-6,11-13H,7-10,14H2,1-2H3,(H,25,28). The first kappa shape index (κ1) is 24.6. The lowest BCUT2D eigenvalue weighted by atomic mass is 10.2. The van der Waals surface area contributed by atoms with Crippen LogP contribution in [0, 0.1) is 0 Å². The van der Waals surface area contributed by atoms with Gasteiger partial charge in [-0.05, 0) is 42.0 Å². The number of rotatable bonds is 6. The molecule has 1 N–H and O–H groups in total. The van der Waals surface area contributed by atoms with Gasteiger partial charge in [0.2, 0.25) is 10.0 Å². The Labute approximate surface area is 189 Å². The van der Waals surface area contributed by atoms with E-state index in [1.165, 1.54) is 19.1 Å². The Morgan fingerprint density at radius 2 is 1.52 bits per heavy atom. The molecule has 1 fully saturated rings. The van der Waals surface area contributed by atoms with E-state index in [-0.39, 0.29) is 43.7 Å². The number of sulfonamides is 1. The van der Waals surface area contributed by atoms with Gasteiger partial charge in [-0.3, -0.25) is 0 Å². The van der Waals surface area contributed by atoms with Gasteiger partial charge in [0.1, 0.15) is 11.5 Å². The van der Waals surface area contributed by atoms with Crippen LogP contribution in [0.3, 0.4) is 0 Å². The zero-order valence-corrected chi connectivity index (χ0v) is 18.9. The van der Waals surface area contributed by atoms with Crippen LogP contribution in [0.5, 0.6) is 11.5 Å². The Balaban J connectivity index is 1.57. The van der Waals surface area contributed by atoms with E-state index < -0.39 is 21.8 Å². The summed E-state index contributed by atoms with van der Waals surface area (Å²) >= 11 is 0. The number of carbonyl (C=O) groups is 1. The monoisotopic (exact) mass is 487 g/mol. The molecule has 0 atom stereocenters. The fourth-order valence-corrected chi connectivity index (χ4v) is 4.78. The number of halogens is 3. The highest BCUT2D eigenvalue weighted by Gasteiger charge is 2.33. The molecule has 1 saturated heterocycles. The molecule has 0 unspecified atom stereocenters. The van der Waals surface area contributed by atoms with E-state index in [4.69, 9.17) is 9.47 Å². The fourth-order valence-electron chi connectivity index (χ4n) is 3.35. The van der Waals surface area contributed by atoms with Crippen molar-refractivity contribution < 1.29 is 35.9 Å². The first-order valence-electron chi connectivity index (χ1n) is 9.96.